The lowest BCUT2D eigenvalue weighted by Crippen LogP contribution is -2.29. The first-order valence-electron chi connectivity index (χ1n) is 38.3. The summed E-state index contributed by atoms with van der Waals surface area (Å²) < 4.78 is 33.2. The molecule has 0 aromatic rings. The number of carbonyl (C=O) groups excluding carboxylic acids is 2. The number of ether oxygens (including phenoxy) is 2. The van der Waals surface area contributed by atoms with Gasteiger partial charge in [0.05, 0.1) is 13.2 Å². The summed E-state index contributed by atoms with van der Waals surface area (Å²) in [5, 5.41) is 0. The molecule has 0 bridgehead atoms. The number of nitrogens with two attached hydrogens (primary N) is 1. The van der Waals surface area contributed by atoms with Gasteiger partial charge in [-0.25, -0.2) is 4.57 Å². The number of carbonyl (C=O) groups is 2. The number of esters is 2. The first-order valence-corrected chi connectivity index (χ1v) is 39.8. The van der Waals surface area contributed by atoms with E-state index in [-0.39, 0.29) is 38.6 Å². The van der Waals surface area contributed by atoms with E-state index in [1.54, 1.807) is 0 Å². The van der Waals surface area contributed by atoms with Gasteiger partial charge in [-0.1, -0.05) is 344 Å². The highest BCUT2D eigenvalue weighted by atomic mass is 31.2. The Morgan fingerprint density at radius 1 is 0.316 bits per heavy atom. The van der Waals surface area contributed by atoms with E-state index in [2.05, 4.69) is 196 Å². The van der Waals surface area contributed by atoms with Crippen LogP contribution in [0.5, 0.6) is 0 Å². The molecule has 0 saturated heterocycles. The van der Waals surface area contributed by atoms with Crippen molar-refractivity contribution >= 4 is 19.8 Å². The van der Waals surface area contributed by atoms with Crippen LogP contribution < -0.4 is 5.73 Å². The molecule has 0 aliphatic heterocycles. The van der Waals surface area contributed by atoms with Crippen LogP contribution >= 0.6 is 7.82 Å². The molecule has 95 heavy (non-hydrogen) atoms. The molecule has 2 atom stereocenters. The Kier molecular flexibility index (Phi) is 74.1. The molecule has 0 aliphatic rings. The summed E-state index contributed by atoms with van der Waals surface area (Å²) in [6.07, 6.45) is 117. The molecule has 9 nitrogen and oxygen atoms in total. The fraction of sp³-hybridized carbons (Fsp3) is 0.624. The van der Waals surface area contributed by atoms with Crippen molar-refractivity contribution in [3.8, 4) is 0 Å². The van der Waals surface area contributed by atoms with Crippen molar-refractivity contribution in [1.29, 1.82) is 0 Å². The Balaban J connectivity index is 3.90. The lowest BCUT2D eigenvalue weighted by atomic mass is 10.0. The SMILES string of the molecule is CC/C=C\C/C=C\C/C=C\C/C=C\C/C=C\C/C=C\C/C=C\C/C=C\CCCCCCCCCCCCC(=O)OC(COC(=O)CCCCCCCCCCCCCCCCCCC/C=C\C/C=C\C/C=C\C/C=C\C/C=C\C/C=C\C/C=C\CC)COP(=O)(O)OCCN. The van der Waals surface area contributed by atoms with E-state index in [4.69, 9.17) is 24.3 Å². The summed E-state index contributed by atoms with van der Waals surface area (Å²) >= 11 is 0. The van der Waals surface area contributed by atoms with Crippen LogP contribution in [0.25, 0.3) is 0 Å². The molecule has 0 rings (SSSR count). The Morgan fingerprint density at radius 3 is 0.811 bits per heavy atom. The van der Waals surface area contributed by atoms with E-state index in [0.29, 0.717) is 6.42 Å². The summed E-state index contributed by atoms with van der Waals surface area (Å²) in [6.45, 7) is 3.52. The monoisotopic (exact) mass is 1330 g/mol. The van der Waals surface area contributed by atoms with E-state index in [9.17, 15) is 19.0 Å². The van der Waals surface area contributed by atoms with Crippen LogP contribution in [-0.4, -0.2) is 49.3 Å². The molecule has 0 radical (unpaired) electrons. The van der Waals surface area contributed by atoms with E-state index in [0.717, 1.165) is 141 Å². The van der Waals surface area contributed by atoms with Gasteiger partial charge in [-0.3, -0.25) is 18.6 Å². The van der Waals surface area contributed by atoms with Gasteiger partial charge in [-0.05, 0) is 135 Å². The van der Waals surface area contributed by atoms with Gasteiger partial charge in [-0.2, -0.15) is 0 Å². The smallest absolute Gasteiger partial charge is 0.462 e. The second-order valence-corrected chi connectivity index (χ2v) is 26.2. The molecular weight excluding hydrogens is 1190 g/mol. The quantitative estimate of drug-likeness (QED) is 0.0264. The molecule has 0 aliphatic carbocycles. The summed E-state index contributed by atoms with van der Waals surface area (Å²) in [6, 6.07) is 0. The van der Waals surface area contributed by atoms with Crippen LogP contribution in [0.4, 0.5) is 0 Å². The van der Waals surface area contributed by atoms with Gasteiger partial charge in [0.1, 0.15) is 6.61 Å². The maximum absolute atomic E-state index is 12.8. The van der Waals surface area contributed by atoms with Crippen molar-refractivity contribution in [2.45, 2.75) is 315 Å². The Bertz CT molecular complexity index is 2220. The zero-order valence-electron chi connectivity index (χ0n) is 60.6. The predicted molar refractivity (Wildman–Crippen MR) is 412 cm³/mol. The van der Waals surface area contributed by atoms with Crippen LogP contribution in [-0.2, 0) is 32.7 Å². The minimum absolute atomic E-state index is 0.0458. The molecule has 538 valence electrons. The van der Waals surface area contributed by atoms with E-state index in [1.165, 1.54) is 135 Å². The molecular formula is C85H140NO8P. The van der Waals surface area contributed by atoms with Gasteiger partial charge in [0.25, 0.3) is 0 Å². The van der Waals surface area contributed by atoms with Gasteiger partial charge in [-0.15, -0.1) is 0 Å². The molecule has 0 aromatic carbocycles. The summed E-state index contributed by atoms with van der Waals surface area (Å²) in [5.74, 6) is -0.834. The number of phosphoric ester groups is 1. The third-order valence-corrected chi connectivity index (χ3v) is 16.8. The molecule has 0 aromatic heterocycles. The normalized spacial score (nSPS) is 13.9. The van der Waals surface area contributed by atoms with Crippen molar-refractivity contribution in [2.75, 3.05) is 26.4 Å². The number of hydrogen-bond acceptors (Lipinski definition) is 8. The lowest BCUT2D eigenvalue weighted by Gasteiger charge is -2.19. The lowest BCUT2D eigenvalue weighted by molar-refractivity contribution is -0.161. The Labute approximate surface area is 584 Å². The van der Waals surface area contributed by atoms with E-state index in [1.807, 2.05) is 0 Å². The number of hydrogen-bond donors (Lipinski definition) is 2. The number of phosphoric acid groups is 1. The third-order valence-electron chi connectivity index (χ3n) is 15.8. The van der Waals surface area contributed by atoms with Crippen LogP contribution in [0, 0.1) is 0 Å². The van der Waals surface area contributed by atoms with Gasteiger partial charge in [0.2, 0.25) is 0 Å². The molecule has 0 spiro atoms. The van der Waals surface area contributed by atoms with Gasteiger partial charge in [0.15, 0.2) is 6.10 Å². The Hall–Kier alpha value is -4.89. The topological polar surface area (TPSA) is 134 Å². The highest BCUT2D eigenvalue weighted by Gasteiger charge is 2.26. The molecule has 0 amide bonds. The fourth-order valence-corrected chi connectivity index (χ4v) is 11.0. The first-order chi connectivity index (χ1) is 46.8. The zero-order chi connectivity index (χ0) is 68.6. The van der Waals surface area contributed by atoms with Crippen LogP contribution in [0.15, 0.2) is 182 Å². The maximum Gasteiger partial charge on any atom is 0.472 e. The standard InChI is InChI=1S/C85H140NO8P/c1-3-5-7-9-11-13-15-17-19-21-23-25-27-29-31-33-35-37-39-40-41-42-44-45-47-49-51-53-55-57-59-61-63-65-67-69-71-73-75-77-84(87)91-81-83(82-93-95(89,90)92-80-79-86)94-85(88)78-76-74-72-70-68-66-64-62-60-58-56-54-52-50-48-46-43-38-36-34-32-30-28-26-24-22-20-18-16-14-12-10-8-6-4-2/h5-8,11-14,17-20,23-26,29-32,35-38,40-41,46,48,52,54,83H,3-4,9-10,15-16,21-22,27-28,33-34,39,42-45,47,49-51,53,55-82,86H2,1-2H3,(H,89,90)/b7-5-,8-6-,13-11-,14-12-,19-17-,20-18-,25-23-,26-24-,31-29-,32-30-,37-35-,38-36-,41-40-,48-46-,54-52-. The van der Waals surface area contributed by atoms with Crippen molar-refractivity contribution in [3.05, 3.63) is 182 Å². The summed E-state index contributed by atoms with van der Waals surface area (Å²) in [4.78, 5) is 35.4. The minimum atomic E-state index is -4.41. The van der Waals surface area contributed by atoms with E-state index >= 15 is 0 Å². The largest absolute Gasteiger partial charge is 0.472 e. The molecule has 3 N–H and O–H groups in total. The van der Waals surface area contributed by atoms with E-state index < -0.39 is 26.5 Å². The van der Waals surface area contributed by atoms with Gasteiger partial charge < -0.3 is 20.1 Å². The minimum Gasteiger partial charge on any atom is -0.462 e. The van der Waals surface area contributed by atoms with Crippen LogP contribution in [0.1, 0.15) is 309 Å². The highest BCUT2D eigenvalue weighted by Crippen LogP contribution is 2.43. The van der Waals surface area contributed by atoms with Crippen molar-refractivity contribution < 1.29 is 37.6 Å². The number of allylic oxidation sites excluding steroid dienone is 30. The van der Waals surface area contributed by atoms with Crippen LogP contribution in [0.3, 0.4) is 0 Å². The number of unbranched alkanes of at least 4 members (excludes halogenated alkanes) is 27. The molecule has 0 fully saturated rings. The summed E-state index contributed by atoms with van der Waals surface area (Å²) in [5.41, 5.74) is 5.41. The first kappa shape index (κ1) is 90.1. The third kappa shape index (κ3) is 78.0. The molecule has 10 heteroatoms. The second-order valence-electron chi connectivity index (χ2n) is 24.8. The second kappa shape index (κ2) is 78.1. The van der Waals surface area contributed by atoms with Crippen molar-refractivity contribution in [1.82, 2.24) is 0 Å². The molecule has 0 saturated carbocycles. The Morgan fingerprint density at radius 2 is 0.547 bits per heavy atom. The fourth-order valence-electron chi connectivity index (χ4n) is 10.2. The zero-order valence-corrected chi connectivity index (χ0v) is 61.5. The van der Waals surface area contributed by atoms with Crippen molar-refractivity contribution in [3.63, 3.8) is 0 Å². The average molecular weight is 1340 g/mol. The highest BCUT2D eigenvalue weighted by molar-refractivity contribution is 7.47. The molecule has 2 unspecified atom stereocenters. The average Bonchev–Trinajstić information content (AvgIpc) is 3.32. The predicted octanol–water partition coefficient (Wildman–Crippen LogP) is 25.9. The summed E-state index contributed by atoms with van der Waals surface area (Å²) in [7, 11) is -4.41. The van der Waals surface area contributed by atoms with Gasteiger partial charge >= 0.3 is 19.8 Å². The van der Waals surface area contributed by atoms with Crippen LogP contribution in [0.2, 0.25) is 0 Å². The maximum atomic E-state index is 12.8. The van der Waals surface area contributed by atoms with Gasteiger partial charge in [0, 0.05) is 19.4 Å². The molecule has 0 heterocycles. The number of rotatable bonds is 70. The van der Waals surface area contributed by atoms with Crippen molar-refractivity contribution in [2.24, 2.45) is 5.73 Å².